The summed E-state index contributed by atoms with van der Waals surface area (Å²) in [6.45, 7) is 6.54. The lowest BCUT2D eigenvalue weighted by molar-refractivity contribution is -0.928. The minimum Gasteiger partial charge on any atom is -0.392 e. The molecule has 0 saturated carbocycles. The van der Waals surface area contributed by atoms with Crippen LogP contribution in [0.1, 0.15) is 55.8 Å². The van der Waals surface area contributed by atoms with Crippen LogP contribution in [0.25, 0.3) is 0 Å². The molecule has 1 fully saturated rings. The molecule has 1 aromatic rings. The van der Waals surface area contributed by atoms with Gasteiger partial charge in [0.1, 0.15) is 6.04 Å². The van der Waals surface area contributed by atoms with Gasteiger partial charge in [-0.3, -0.25) is 0 Å². The van der Waals surface area contributed by atoms with E-state index < -0.39 is 29.5 Å². The standard InChI is InChI=1S/C22H27F6N2.C4H8O/c1-15-8-6-5-7-12-30(4,13-11-16(2)29-3)20(15)18-10-9-17(21(23,24)25)14-19(18)22(26,27)28;1-2-4-5-3-1/h5-6,8-11,14,20,29H,7,12-13H2,1-4H3;1-4H2/q+1;/b6-5-,15-8+,16-11+;. The number of benzene rings is 1. The highest BCUT2D eigenvalue weighted by Crippen LogP contribution is 2.44. The van der Waals surface area contributed by atoms with E-state index in [4.69, 9.17) is 4.74 Å². The summed E-state index contributed by atoms with van der Waals surface area (Å²) in [6, 6.07) is 1.22. The van der Waals surface area contributed by atoms with Crippen molar-refractivity contribution in [3.63, 3.8) is 0 Å². The number of hydrogen-bond donors (Lipinski definition) is 1. The monoisotopic (exact) mass is 505 g/mol. The van der Waals surface area contributed by atoms with Gasteiger partial charge in [-0.1, -0.05) is 24.3 Å². The Balaban J connectivity index is 0.000000764. The molecule has 2 atom stereocenters. The molecular formula is C26H35F6N2O+. The van der Waals surface area contributed by atoms with E-state index in [9.17, 15) is 26.3 Å². The molecule has 3 nitrogen and oxygen atoms in total. The number of allylic oxidation sites excluding steroid dienone is 3. The summed E-state index contributed by atoms with van der Waals surface area (Å²) in [4.78, 5) is 0. The van der Waals surface area contributed by atoms with E-state index in [1.807, 2.05) is 26.1 Å². The number of quaternary nitrogens is 1. The van der Waals surface area contributed by atoms with Crippen LogP contribution in [0.5, 0.6) is 0 Å². The molecule has 0 spiro atoms. The molecule has 9 heteroatoms. The maximum atomic E-state index is 13.9. The van der Waals surface area contributed by atoms with E-state index in [0.29, 0.717) is 25.1 Å². The molecule has 1 saturated heterocycles. The van der Waals surface area contributed by atoms with Crippen LogP contribution in [0, 0.1) is 0 Å². The quantitative estimate of drug-likeness (QED) is 0.350. The predicted molar refractivity (Wildman–Crippen MR) is 125 cm³/mol. The molecular weight excluding hydrogens is 470 g/mol. The zero-order valence-corrected chi connectivity index (χ0v) is 20.7. The molecule has 2 aliphatic rings. The van der Waals surface area contributed by atoms with E-state index in [2.05, 4.69) is 5.32 Å². The van der Waals surface area contributed by atoms with Crippen molar-refractivity contribution in [2.24, 2.45) is 0 Å². The van der Waals surface area contributed by atoms with Gasteiger partial charge < -0.3 is 14.5 Å². The first-order valence-corrected chi connectivity index (χ1v) is 11.7. The lowest BCUT2D eigenvalue weighted by Crippen LogP contribution is -2.49. The molecule has 0 bridgehead atoms. The molecule has 2 unspecified atom stereocenters. The number of rotatable bonds is 4. The highest BCUT2D eigenvalue weighted by molar-refractivity contribution is 5.40. The second-order valence-electron chi connectivity index (χ2n) is 9.17. The Labute approximate surface area is 203 Å². The van der Waals surface area contributed by atoms with Gasteiger partial charge in [-0.15, -0.1) is 0 Å². The third kappa shape index (κ3) is 8.14. The summed E-state index contributed by atoms with van der Waals surface area (Å²) >= 11 is 0. The van der Waals surface area contributed by atoms with Crippen LogP contribution in [-0.2, 0) is 17.1 Å². The Morgan fingerprint density at radius 2 is 1.77 bits per heavy atom. The van der Waals surface area contributed by atoms with E-state index in [-0.39, 0.29) is 16.1 Å². The van der Waals surface area contributed by atoms with Crippen molar-refractivity contribution in [3.8, 4) is 0 Å². The first-order chi connectivity index (χ1) is 16.3. The van der Waals surface area contributed by atoms with Gasteiger partial charge in [-0.2, -0.15) is 26.3 Å². The van der Waals surface area contributed by atoms with Crippen molar-refractivity contribution in [1.29, 1.82) is 0 Å². The molecule has 3 rings (SSSR count). The van der Waals surface area contributed by atoms with Gasteiger partial charge in [-0.05, 0) is 50.5 Å². The van der Waals surface area contributed by atoms with Crippen molar-refractivity contribution >= 4 is 0 Å². The summed E-state index contributed by atoms with van der Waals surface area (Å²) in [5.74, 6) is 0. The van der Waals surface area contributed by atoms with Gasteiger partial charge in [-0.25, -0.2) is 0 Å². The van der Waals surface area contributed by atoms with Crippen molar-refractivity contribution in [3.05, 3.63) is 70.5 Å². The summed E-state index contributed by atoms with van der Waals surface area (Å²) in [5.41, 5.74) is -1.15. The second-order valence-corrected chi connectivity index (χ2v) is 9.17. The highest BCUT2D eigenvalue weighted by Gasteiger charge is 2.44. The van der Waals surface area contributed by atoms with Gasteiger partial charge >= 0.3 is 12.4 Å². The van der Waals surface area contributed by atoms with Gasteiger partial charge in [0.15, 0.2) is 0 Å². The van der Waals surface area contributed by atoms with Crippen LogP contribution >= 0.6 is 0 Å². The third-order valence-corrected chi connectivity index (χ3v) is 6.37. The maximum Gasteiger partial charge on any atom is 0.416 e. The van der Waals surface area contributed by atoms with Gasteiger partial charge in [0.2, 0.25) is 0 Å². The Kier molecular flexibility index (Phi) is 10.0. The summed E-state index contributed by atoms with van der Waals surface area (Å²) in [5, 5.41) is 2.99. The maximum absolute atomic E-state index is 13.9. The molecule has 0 aromatic heterocycles. The molecule has 1 aromatic carbocycles. The number of alkyl halides is 6. The summed E-state index contributed by atoms with van der Waals surface area (Å²) in [7, 11) is 3.60. The van der Waals surface area contributed by atoms with Crippen molar-refractivity contribution in [2.45, 2.75) is 51.5 Å². The smallest absolute Gasteiger partial charge is 0.392 e. The lowest BCUT2D eigenvalue weighted by Gasteiger charge is -2.43. The normalized spacial score (nSPS) is 26.1. The minimum atomic E-state index is -4.91. The SMILES string of the molecule is C1CCOC1.CN/C(C)=C/C[N+]1(C)CC/C=C\C=C(/C)C1c1ccc(C(F)(F)F)cc1C(F)(F)F. The van der Waals surface area contributed by atoms with Gasteiger partial charge in [0.05, 0.1) is 31.3 Å². The molecule has 2 heterocycles. The number of nitrogens with one attached hydrogen (secondary N) is 1. The third-order valence-electron chi connectivity index (χ3n) is 6.37. The summed E-state index contributed by atoms with van der Waals surface area (Å²) < 4.78 is 86.1. The zero-order valence-electron chi connectivity index (χ0n) is 20.7. The minimum absolute atomic E-state index is 0.141. The van der Waals surface area contributed by atoms with Crippen LogP contribution in [0.15, 0.2) is 53.8 Å². The van der Waals surface area contributed by atoms with Crippen LogP contribution < -0.4 is 5.32 Å². The molecule has 1 N–H and O–H groups in total. The topological polar surface area (TPSA) is 21.3 Å². The number of nitrogens with zero attached hydrogens (tertiary/aromatic N) is 1. The number of halogens is 6. The average Bonchev–Trinajstić information content (AvgIpc) is 3.35. The fraction of sp³-hybridized carbons (Fsp3) is 0.538. The molecule has 0 radical (unpaired) electrons. The second kappa shape index (κ2) is 12.1. The largest absolute Gasteiger partial charge is 0.416 e. The molecule has 196 valence electrons. The molecule has 2 aliphatic heterocycles. The Morgan fingerprint density at radius 3 is 2.29 bits per heavy atom. The molecule has 0 amide bonds. The van der Waals surface area contributed by atoms with E-state index in [1.165, 1.54) is 12.8 Å². The van der Waals surface area contributed by atoms with Crippen LogP contribution in [0.4, 0.5) is 26.3 Å². The van der Waals surface area contributed by atoms with E-state index >= 15 is 0 Å². The zero-order chi connectivity index (χ0) is 26.3. The van der Waals surface area contributed by atoms with Crippen LogP contribution in [-0.4, -0.2) is 44.9 Å². The number of hydrogen-bond acceptors (Lipinski definition) is 2. The van der Waals surface area contributed by atoms with Crippen molar-refractivity contribution in [1.82, 2.24) is 5.32 Å². The van der Waals surface area contributed by atoms with E-state index in [1.54, 1.807) is 26.1 Å². The summed E-state index contributed by atoms with van der Waals surface area (Å²) in [6.07, 6.45) is 0.829. The van der Waals surface area contributed by atoms with Crippen molar-refractivity contribution in [2.75, 3.05) is 40.4 Å². The Hall–Kier alpha value is -2.26. The van der Waals surface area contributed by atoms with Gasteiger partial charge in [0.25, 0.3) is 0 Å². The Bertz CT molecular complexity index is 921. The first kappa shape index (κ1) is 29.0. The molecule has 0 aliphatic carbocycles. The van der Waals surface area contributed by atoms with E-state index in [0.717, 1.165) is 31.0 Å². The highest BCUT2D eigenvalue weighted by atomic mass is 19.4. The molecule has 35 heavy (non-hydrogen) atoms. The fourth-order valence-electron chi connectivity index (χ4n) is 4.35. The fourth-order valence-corrected chi connectivity index (χ4v) is 4.35. The van der Waals surface area contributed by atoms with Crippen LogP contribution in [0.3, 0.4) is 0 Å². The lowest BCUT2D eigenvalue weighted by atomic mass is 9.89. The number of likely N-dealkylation sites (N-methyl/N-ethyl adjacent to an activating group) is 1. The van der Waals surface area contributed by atoms with Gasteiger partial charge in [0, 0.05) is 37.9 Å². The average molecular weight is 506 g/mol. The number of ether oxygens (including phenoxy) is 1. The first-order valence-electron chi connectivity index (χ1n) is 11.7. The van der Waals surface area contributed by atoms with Crippen LogP contribution in [0.2, 0.25) is 0 Å². The van der Waals surface area contributed by atoms with Crippen molar-refractivity contribution < 1.29 is 35.6 Å². The Morgan fingerprint density at radius 1 is 1.11 bits per heavy atom. The predicted octanol–water partition coefficient (Wildman–Crippen LogP) is 7.04.